The fourth-order valence-electron chi connectivity index (χ4n) is 3.48. The molecule has 0 atom stereocenters. The molecule has 0 aliphatic rings. The van der Waals surface area contributed by atoms with Gasteiger partial charge in [0.15, 0.2) is 0 Å². The number of ether oxygens (including phenoxy) is 1. The summed E-state index contributed by atoms with van der Waals surface area (Å²) >= 11 is 0. The molecule has 0 saturated heterocycles. The molecule has 0 aliphatic carbocycles. The lowest BCUT2D eigenvalue weighted by Crippen LogP contribution is -2.32. The standard InChI is InChI=1S/C25H30N4O4S/c1-3-29(16-10-11-17-33-19-23(30)28-34(2,31)32)22-18-26-24(20-12-6-4-7-13-20)25(27-22)21-14-8-5-9-15-21/h4-9,12-15,18H,3,10-11,16-17,19H2,1-2H3,(H,28,30). The molecular weight excluding hydrogens is 452 g/mol. The van der Waals surface area contributed by atoms with Crippen LogP contribution in [0, 0.1) is 0 Å². The number of hydrogen-bond acceptors (Lipinski definition) is 7. The van der Waals surface area contributed by atoms with Gasteiger partial charge in [-0.3, -0.25) is 14.5 Å². The van der Waals surface area contributed by atoms with E-state index in [0.29, 0.717) is 6.61 Å². The molecule has 8 nitrogen and oxygen atoms in total. The van der Waals surface area contributed by atoms with E-state index in [0.717, 1.165) is 60.5 Å². The Bertz CT molecular complexity index is 1170. The van der Waals surface area contributed by atoms with Crippen molar-refractivity contribution in [3.05, 3.63) is 66.9 Å². The maximum Gasteiger partial charge on any atom is 0.259 e. The van der Waals surface area contributed by atoms with Crippen LogP contribution >= 0.6 is 0 Å². The summed E-state index contributed by atoms with van der Waals surface area (Å²) in [6.07, 6.45) is 4.29. The Balaban J connectivity index is 1.64. The number of carbonyl (C=O) groups is 1. The molecular formula is C25H30N4O4S. The minimum Gasteiger partial charge on any atom is -0.372 e. The fraction of sp³-hybridized carbons (Fsp3) is 0.320. The van der Waals surface area contributed by atoms with Gasteiger partial charge in [0.05, 0.1) is 23.8 Å². The van der Waals surface area contributed by atoms with E-state index < -0.39 is 15.9 Å². The van der Waals surface area contributed by atoms with Gasteiger partial charge in [0.2, 0.25) is 10.0 Å². The predicted octanol–water partition coefficient (Wildman–Crippen LogP) is 3.51. The van der Waals surface area contributed by atoms with Crippen LogP contribution in [0.2, 0.25) is 0 Å². The molecule has 9 heteroatoms. The van der Waals surface area contributed by atoms with Gasteiger partial charge in [0.25, 0.3) is 5.91 Å². The molecule has 0 radical (unpaired) electrons. The van der Waals surface area contributed by atoms with Crippen molar-refractivity contribution in [2.75, 3.05) is 37.5 Å². The normalized spacial score (nSPS) is 11.2. The number of nitrogens with one attached hydrogen (secondary N) is 1. The van der Waals surface area contributed by atoms with Gasteiger partial charge in [0.1, 0.15) is 12.4 Å². The molecule has 0 fully saturated rings. The topological polar surface area (TPSA) is 101 Å². The first kappa shape index (κ1) is 25.3. The molecule has 1 amide bonds. The van der Waals surface area contributed by atoms with E-state index in [9.17, 15) is 13.2 Å². The molecule has 0 spiro atoms. The first-order valence-electron chi connectivity index (χ1n) is 11.2. The summed E-state index contributed by atoms with van der Waals surface area (Å²) in [6, 6.07) is 20.1. The zero-order valence-electron chi connectivity index (χ0n) is 19.5. The van der Waals surface area contributed by atoms with E-state index in [1.807, 2.05) is 71.6 Å². The van der Waals surface area contributed by atoms with Crippen molar-refractivity contribution in [2.24, 2.45) is 0 Å². The highest BCUT2D eigenvalue weighted by Gasteiger charge is 2.15. The van der Waals surface area contributed by atoms with Crippen molar-refractivity contribution in [3.63, 3.8) is 0 Å². The van der Waals surface area contributed by atoms with Crippen molar-refractivity contribution in [2.45, 2.75) is 19.8 Å². The minimum atomic E-state index is -3.56. The van der Waals surface area contributed by atoms with Gasteiger partial charge < -0.3 is 9.64 Å². The molecule has 3 aromatic rings. The number of amides is 1. The third-order valence-electron chi connectivity index (χ3n) is 5.06. The van der Waals surface area contributed by atoms with Crippen molar-refractivity contribution in [1.29, 1.82) is 0 Å². The number of rotatable bonds is 12. The van der Waals surface area contributed by atoms with Crippen LogP contribution in [-0.4, -0.2) is 56.9 Å². The molecule has 0 saturated carbocycles. The summed E-state index contributed by atoms with van der Waals surface area (Å²) in [6.45, 7) is 3.68. The van der Waals surface area contributed by atoms with Gasteiger partial charge in [-0.1, -0.05) is 60.7 Å². The molecule has 1 aromatic heterocycles. The second-order valence-electron chi connectivity index (χ2n) is 7.79. The number of anilines is 1. The summed E-state index contributed by atoms with van der Waals surface area (Å²) in [7, 11) is -3.56. The van der Waals surface area contributed by atoms with Crippen molar-refractivity contribution in [3.8, 4) is 22.5 Å². The van der Waals surface area contributed by atoms with Gasteiger partial charge in [-0.25, -0.2) is 13.4 Å². The number of aromatic nitrogens is 2. The van der Waals surface area contributed by atoms with E-state index in [4.69, 9.17) is 14.7 Å². The van der Waals surface area contributed by atoms with Crippen LogP contribution in [0.25, 0.3) is 22.5 Å². The molecule has 180 valence electrons. The highest BCUT2D eigenvalue weighted by molar-refractivity contribution is 7.89. The lowest BCUT2D eigenvalue weighted by Gasteiger charge is -2.23. The van der Waals surface area contributed by atoms with Crippen LogP contribution in [-0.2, 0) is 19.6 Å². The second kappa shape index (κ2) is 12.2. The number of sulfonamides is 1. The molecule has 34 heavy (non-hydrogen) atoms. The summed E-state index contributed by atoms with van der Waals surface area (Å²) in [5.74, 6) is 0.134. The molecule has 0 unspecified atom stereocenters. The zero-order valence-corrected chi connectivity index (χ0v) is 20.3. The van der Waals surface area contributed by atoms with Crippen LogP contribution in [0.5, 0.6) is 0 Å². The largest absolute Gasteiger partial charge is 0.372 e. The molecule has 0 aliphatic heterocycles. The van der Waals surface area contributed by atoms with Gasteiger partial charge in [-0.2, -0.15) is 0 Å². The fourth-order valence-corrected chi connectivity index (χ4v) is 3.95. The zero-order chi connectivity index (χ0) is 24.4. The first-order chi connectivity index (χ1) is 16.4. The summed E-state index contributed by atoms with van der Waals surface area (Å²) in [5.41, 5.74) is 3.70. The van der Waals surface area contributed by atoms with Crippen LogP contribution in [0.15, 0.2) is 66.9 Å². The second-order valence-corrected chi connectivity index (χ2v) is 9.54. The highest BCUT2D eigenvalue weighted by Crippen LogP contribution is 2.30. The van der Waals surface area contributed by atoms with E-state index in [-0.39, 0.29) is 6.61 Å². The van der Waals surface area contributed by atoms with Crippen LogP contribution in [0.1, 0.15) is 19.8 Å². The number of nitrogens with zero attached hydrogens (tertiary/aromatic N) is 3. The molecule has 3 rings (SSSR count). The van der Waals surface area contributed by atoms with Gasteiger partial charge in [-0.15, -0.1) is 0 Å². The molecule has 1 N–H and O–H groups in total. The van der Waals surface area contributed by atoms with E-state index in [1.165, 1.54) is 0 Å². The third-order valence-corrected chi connectivity index (χ3v) is 5.66. The number of benzene rings is 2. The summed E-state index contributed by atoms with van der Waals surface area (Å²) in [4.78, 5) is 23.4. The minimum absolute atomic E-state index is 0.280. The van der Waals surface area contributed by atoms with Crippen molar-refractivity contribution < 1.29 is 17.9 Å². The van der Waals surface area contributed by atoms with E-state index >= 15 is 0 Å². The smallest absolute Gasteiger partial charge is 0.259 e. The molecule has 1 heterocycles. The Morgan fingerprint density at radius 3 is 2.18 bits per heavy atom. The maximum atomic E-state index is 11.5. The Morgan fingerprint density at radius 1 is 0.971 bits per heavy atom. The quantitative estimate of drug-likeness (QED) is 0.394. The van der Waals surface area contributed by atoms with Crippen molar-refractivity contribution in [1.82, 2.24) is 14.7 Å². The summed E-state index contributed by atoms with van der Waals surface area (Å²) in [5, 5.41) is 0. The average molecular weight is 483 g/mol. The van der Waals surface area contributed by atoms with Gasteiger partial charge in [-0.05, 0) is 19.8 Å². The van der Waals surface area contributed by atoms with Crippen LogP contribution in [0.3, 0.4) is 0 Å². The highest BCUT2D eigenvalue weighted by atomic mass is 32.2. The molecule has 0 bridgehead atoms. The average Bonchev–Trinajstić information content (AvgIpc) is 2.83. The number of carbonyl (C=O) groups excluding carboxylic acids is 1. The SMILES string of the molecule is CCN(CCCCOCC(=O)NS(C)(=O)=O)c1cnc(-c2ccccc2)c(-c2ccccc2)n1. The Labute approximate surface area is 201 Å². The monoisotopic (exact) mass is 482 g/mol. The lowest BCUT2D eigenvalue weighted by molar-refractivity contribution is -0.123. The molecule has 2 aromatic carbocycles. The Hall–Kier alpha value is -3.30. The van der Waals surface area contributed by atoms with Crippen molar-refractivity contribution >= 4 is 21.7 Å². The van der Waals surface area contributed by atoms with Crippen LogP contribution in [0.4, 0.5) is 5.82 Å². The first-order valence-corrected chi connectivity index (χ1v) is 13.1. The lowest BCUT2D eigenvalue weighted by atomic mass is 10.0. The number of hydrogen-bond donors (Lipinski definition) is 1. The summed E-state index contributed by atoms with van der Waals surface area (Å²) < 4.78 is 29.2. The number of unbranched alkanes of at least 4 members (excludes halogenated alkanes) is 1. The van der Waals surface area contributed by atoms with E-state index in [1.54, 1.807) is 0 Å². The van der Waals surface area contributed by atoms with E-state index in [2.05, 4.69) is 11.8 Å². The third kappa shape index (κ3) is 7.64. The Morgan fingerprint density at radius 2 is 1.59 bits per heavy atom. The van der Waals surface area contributed by atoms with Crippen LogP contribution < -0.4 is 9.62 Å². The predicted molar refractivity (Wildman–Crippen MR) is 134 cm³/mol. The van der Waals surface area contributed by atoms with Gasteiger partial charge in [0, 0.05) is 30.8 Å². The maximum absolute atomic E-state index is 11.5. The van der Waals surface area contributed by atoms with Gasteiger partial charge >= 0.3 is 0 Å². The Kier molecular flexibility index (Phi) is 9.12.